The maximum absolute atomic E-state index is 13.2. The van der Waals surface area contributed by atoms with Gasteiger partial charge >= 0.3 is 0 Å². The van der Waals surface area contributed by atoms with Crippen molar-refractivity contribution in [3.8, 4) is 11.5 Å². The lowest BCUT2D eigenvalue weighted by Crippen LogP contribution is -2.33. The highest BCUT2D eigenvalue weighted by atomic mass is 16.3. The number of para-hydroxylation sites is 1. The molecule has 3 N–H and O–H groups in total. The van der Waals surface area contributed by atoms with Crippen molar-refractivity contribution in [2.45, 2.75) is 24.8 Å². The Morgan fingerprint density at radius 3 is 2.61 bits per heavy atom. The van der Waals surface area contributed by atoms with Crippen molar-refractivity contribution >= 4 is 11.7 Å². The minimum atomic E-state index is -0.396. The van der Waals surface area contributed by atoms with Crippen LogP contribution in [0.4, 0.5) is 5.95 Å². The maximum Gasteiger partial charge on any atom is 0.226 e. The molecule has 0 saturated heterocycles. The van der Waals surface area contributed by atoms with E-state index in [4.69, 9.17) is 0 Å². The van der Waals surface area contributed by atoms with E-state index < -0.39 is 6.04 Å². The molecule has 2 aromatic carbocycles. The number of rotatable bonds is 2. The van der Waals surface area contributed by atoms with Gasteiger partial charge in [0.25, 0.3) is 0 Å². The molecule has 0 spiro atoms. The first-order valence-electron chi connectivity index (χ1n) is 9.11. The van der Waals surface area contributed by atoms with Crippen molar-refractivity contribution in [1.29, 1.82) is 0 Å². The van der Waals surface area contributed by atoms with Crippen LogP contribution in [0.25, 0.3) is 0 Å². The predicted molar refractivity (Wildman–Crippen MR) is 102 cm³/mol. The number of allylic oxidation sites excluding steroid dienone is 2. The number of aromatic hydroxyl groups is 2. The third-order valence-corrected chi connectivity index (χ3v) is 5.45. The predicted octanol–water partition coefficient (Wildman–Crippen LogP) is 3.11. The van der Waals surface area contributed by atoms with Crippen molar-refractivity contribution in [2.75, 3.05) is 5.32 Å². The molecule has 0 radical (unpaired) electrons. The van der Waals surface area contributed by atoms with Crippen molar-refractivity contribution < 1.29 is 15.0 Å². The number of carbonyl (C=O) groups is 1. The molecule has 7 heteroatoms. The molecule has 2 heterocycles. The molecule has 0 bridgehead atoms. The molecule has 1 aromatic heterocycles. The number of benzene rings is 2. The van der Waals surface area contributed by atoms with Crippen LogP contribution in [0.1, 0.15) is 35.9 Å². The largest absolute Gasteiger partial charge is 0.508 e. The molecule has 7 nitrogen and oxygen atoms in total. The molecule has 1 aliphatic carbocycles. The number of Topliss-reactive ketones (excluding diaryl/α,β-unsaturated/α-hetero) is 1. The number of ketones is 1. The monoisotopic (exact) mass is 374 g/mol. The lowest BCUT2D eigenvalue weighted by atomic mass is 9.77. The molecule has 5 rings (SSSR count). The molecule has 140 valence electrons. The molecule has 2 unspecified atom stereocenters. The number of phenols is 2. The summed E-state index contributed by atoms with van der Waals surface area (Å²) in [6.07, 6.45) is 2.37. The average Bonchev–Trinajstić information content (AvgIpc) is 3.15. The lowest BCUT2D eigenvalue weighted by Gasteiger charge is -2.35. The van der Waals surface area contributed by atoms with E-state index in [0.29, 0.717) is 24.4 Å². The number of aromatic nitrogens is 3. The van der Waals surface area contributed by atoms with Crippen molar-refractivity contribution in [2.24, 2.45) is 0 Å². The van der Waals surface area contributed by atoms with E-state index in [1.54, 1.807) is 41.1 Å². The van der Waals surface area contributed by atoms with E-state index in [1.807, 2.05) is 12.1 Å². The van der Waals surface area contributed by atoms with Crippen LogP contribution in [0, 0.1) is 0 Å². The number of anilines is 1. The average molecular weight is 374 g/mol. The zero-order valence-electron chi connectivity index (χ0n) is 14.9. The summed E-state index contributed by atoms with van der Waals surface area (Å²) in [4.78, 5) is 17.5. The Bertz CT molecular complexity index is 1100. The van der Waals surface area contributed by atoms with Gasteiger partial charge in [-0.25, -0.2) is 4.68 Å². The number of nitrogens with zero attached hydrogens (tertiary/aromatic N) is 3. The molecule has 2 atom stereocenters. The van der Waals surface area contributed by atoms with Crippen LogP contribution in [-0.4, -0.2) is 30.8 Å². The molecular weight excluding hydrogens is 356 g/mol. The third kappa shape index (κ3) is 2.55. The summed E-state index contributed by atoms with van der Waals surface area (Å²) in [7, 11) is 0. The number of hydrogen-bond donors (Lipinski definition) is 3. The highest BCUT2D eigenvalue weighted by Crippen LogP contribution is 2.45. The van der Waals surface area contributed by atoms with Gasteiger partial charge in [-0.05, 0) is 35.7 Å². The number of fused-ring (bicyclic) bond motifs is 1. The van der Waals surface area contributed by atoms with Crippen molar-refractivity contribution in [3.05, 3.63) is 77.3 Å². The van der Waals surface area contributed by atoms with Crippen LogP contribution in [0.2, 0.25) is 0 Å². The fraction of sp³-hybridized carbons (Fsp3) is 0.190. The normalized spacial score (nSPS) is 21.1. The maximum atomic E-state index is 13.2. The Hall–Kier alpha value is -3.61. The molecule has 0 saturated carbocycles. The molecular formula is C21H18N4O3. The smallest absolute Gasteiger partial charge is 0.226 e. The zero-order chi connectivity index (χ0) is 19.3. The van der Waals surface area contributed by atoms with Crippen molar-refractivity contribution in [1.82, 2.24) is 14.8 Å². The van der Waals surface area contributed by atoms with E-state index in [1.165, 1.54) is 6.33 Å². The van der Waals surface area contributed by atoms with Crippen LogP contribution in [0.3, 0.4) is 0 Å². The number of nitrogens with one attached hydrogen (secondary N) is 1. The summed E-state index contributed by atoms with van der Waals surface area (Å²) in [5.41, 5.74) is 3.10. The molecule has 3 aromatic rings. The number of phenolic OH excluding ortho intramolecular Hbond substituents is 2. The molecule has 0 amide bonds. The molecule has 0 fully saturated rings. The molecule has 1 aliphatic heterocycles. The second kappa shape index (κ2) is 6.23. The van der Waals surface area contributed by atoms with Gasteiger partial charge in [-0.15, -0.1) is 0 Å². The van der Waals surface area contributed by atoms with E-state index in [-0.39, 0.29) is 23.2 Å². The first-order chi connectivity index (χ1) is 13.6. The van der Waals surface area contributed by atoms with Crippen LogP contribution >= 0.6 is 0 Å². The van der Waals surface area contributed by atoms with Gasteiger partial charge < -0.3 is 15.5 Å². The quantitative estimate of drug-likeness (QED) is 0.637. The topological polar surface area (TPSA) is 100 Å². The summed E-state index contributed by atoms with van der Waals surface area (Å²) in [5.74, 6) is 0.859. The first kappa shape index (κ1) is 16.6. The van der Waals surface area contributed by atoms with Gasteiger partial charge in [0.2, 0.25) is 5.95 Å². The van der Waals surface area contributed by atoms with Crippen LogP contribution < -0.4 is 5.32 Å². The van der Waals surface area contributed by atoms with Gasteiger partial charge in [0.15, 0.2) is 5.78 Å². The minimum Gasteiger partial charge on any atom is -0.508 e. The van der Waals surface area contributed by atoms with Crippen LogP contribution in [0.15, 0.2) is 66.1 Å². The summed E-state index contributed by atoms with van der Waals surface area (Å²) < 4.78 is 1.70. The van der Waals surface area contributed by atoms with Gasteiger partial charge in [-0.2, -0.15) is 10.1 Å². The third-order valence-electron chi connectivity index (χ3n) is 5.45. The standard InChI is InChI=1S/C21H18N4O3/c26-14-7-5-12(6-8-14)20-19-16(24-21-22-11-23-25(20)21)9-13(10-18(19)28)15-3-1-2-4-17(15)27/h1-8,11,13,20,26-27H,9-10H2,(H,22,23,24). The Morgan fingerprint density at radius 2 is 1.82 bits per heavy atom. The summed E-state index contributed by atoms with van der Waals surface area (Å²) >= 11 is 0. The minimum absolute atomic E-state index is 0.0150. The van der Waals surface area contributed by atoms with Gasteiger partial charge in [0.1, 0.15) is 23.9 Å². The van der Waals surface area contributed by atoms with Gasteiger partial charge in [0.05, 0.1) is 0 Å². The fourth-order valence-electron chi connectivity index (χ4n) is 4.17. The van der Waals surface area contributed by atoms with Crippen LogP contribution in [-0.2, 0) is 4.79 Å². The van der Waals surface area contributed by atoms with Crippen LogP contribution in [0.5, 0.6) is 11.5 Å². The Balaban J connectivity index is 1.61. The SMILES string of the molecule is O=C1CC(c2ccccc2O)CC2=C1C(c1ccc(O)cc1)n1ncnc1N2. The van der Waals surface area contributed by atoms with E-state index in [0.717, 1.165) is 16.8 Å². The number of hydrogen-bond acceptors (Lipinski definition) is 6. The van der Waals surface area contributed by atoms with Gasteiger partial charge in [0, 0.05) is 23.6 Å². The van der Waals surface area contributed by atoms with E-state index >= 15 is 0 Å². The summed E-state index contributed by atoms with van der Waals surface area (Å²) in [6.45, 7) is 0. The fourth-order valence-corrected chi connectivity index (χ4v) is 4.17. The second-order valence-corrected chi connectivity index (χ2v) is 7.13. The first-order valence-corrected chi connectivity index (χ1v) is 9.11. The lowest BCUT2D eigenvalue weighted by molar-refractivity contribution is -0.116. The molecule has 28 heavy (non-hydrogen) atoms. The Labute approximate surface area is 161 Å². The van der Waals surface area contributed by atoms with Gasteiger partial charge in [-0.1, -0.05) is 30.3 Å². The van der Waals surface area contributed by atoms with E-state index in [2.05, 4.69) is 15.4 Å². The highest BCUT2D eigenvalue weighted by molar-refractivity contribution is 6.00. The second-order valence-electron chi connectivity index (χ2n) is 7.13. The molecule has 2 aliphatic rings. The van der Waals surface area contributed by atoms with Crippen molar-refractivity contribution in [3.63, 3.8) is 0 Å². The Kier molecular flexibility index (Phi) is 3.68. The zero-order valence-corrected chi connectivity index (χ0v) is 14.9. The Morgan fingerprint density at radius 1 is 1.04 bits per heavy atom. The van der Waals surface area contributed by atoms with Gasteiger partial charge in [-0.3, -0.25) is 4.79 Å². The van der Waals surface area contributed by atoms with E-state index in [9.17, 15) is 15.0 Å². The summed E-state index contributed by atoms with van der Waals surface area (Å²) in [6, 6.07) is 13.6. The highest BCUT2D eigenvalue weighted by Gasteiger charge is 2.39. The number of carbonyl (C=O) groups excluding carboxylic acids is 1. The summed E-state index contributed by atoms with van der Waals surface area (Å²) in [5, 5.41) is 27.4.